The van der Waals surface area contributed by atoms with Crippen molar-refractivity contribution >= 4 is 16.7 Å². The van der Waals surface area contributed by atoms with Crippen molar-refractivity contribution in [3.63, 3.8) is 0 Å². The molecule has 0 unspecified atom stereocenters. The van der Waals surface area contributed by atoms with Gasteiger partial charge in [0.15, 0.2) is 5.82 Å². The van der Waals surface area contributed by atoms with E-state index in [1.54, 1.807) is 6.33 Å². The molecule has 5 nitrogen and oxygen atoms in total. The Labute approximate surface area is 135 Å². The predicted molar refractivity (Wildman–Crippen MR) is 92.5 cm³/mol. The van der Waals surface area contributed by atoms with Crippen LogP contribution in [0.15, 0.2) is 48.8 Å². The molecule has 1 aliphatic rings. The summed E-state index contributed by atoms with van der Waals surface area (Å²) in [6.45, 7) is 3.99. The van der Waals surface area contributed by atoms with E-state index in [0.29, 0.717) is 0 Å². The number of rotatable bonds is 2. The van der Waals surface area contributed by atoms with E-state index in [4.69, 9.17) is 0 Å². The van der Waals surface area contributed by atoms with Crippen molar-refractivity contribution in [2.45, 2.75) is 0 Å². The van der Waals surface area contributed by atoms with Gasteiger partial charge in [-0.15, -0.1) is 0 Å². The number of likely N-dealkylation sites (N-methyl/N-ethyl adjacent to an activating group) is 1. The van der Waals surface area contributed by atoms with Crippen LogP contribution in [0.1, 0.15) is 0 Å². The SMILES string of the molecule is CN1CCN(c2ncnc(-c3ccc4ccccc4c3)n2)CC1. The Bertz CT molecular complexity index is 824. The molecule has 0 aliphatic carbocycles. The van der Waals surface area contributed by atoms with Crippen molar-refractivity contribution in [2.24, 2.45) is 0 Å². The van der Waals surface area contributed by atoms with E-state index in [1.165, 1.54) is 10.8 Å². The van der Waals surface area contributed by atoms with Crippen LogP contribution in [0.25, 0.3) is 22.2 Å². The van der Waals surface area contributed by atoms with Gasteiger partial charge in [-0.25, -0.2) is 9.97 Å². The van der Waals surface area contributed by atoms with Crippen LogP contribution in [0, 0.1) is 0 Å². The van der Waals surface area contributed by atoms with Crippen LogP contribution in [-0.2, 0) is 0 Å². The van der Waals surface area contributed by atoms with E-state index >= 15 is 0 Å². The lowest BCUT2D eigenvalue weighted by Gasteiger charge is -2.32. The summed E-state index contributed by atoms with van der Waals surface area (Å²) in [5.41, 5.74) is 1.03. The molecular formula is C18H19N5. The molecule has 0 bridgehead atoms. The summed E-state index contributed by atoms with van der Waals surface area (Å²) in [6.07, 6.45) is 1.62. The summed E-state index contributed by atoms with van der Waals surface area (Å²) in [5, 5.41) is 2.43. The molecule has 23 heavy (non-hydrogen) atoms. The van der Waals surface area contributed by atoms with Crippen molar-refractivity contribution in [3.8, 4) is 11.4 Å². The second kappa shape index (κ2) is 5.93. The first-order valence-electron chi connectivity index (χ1n) is 7.91. The number of hydrogen-bond donors (Lipinski definition) is 0. The quantitative estimate of drug-likeness (QED) is 0.727. The molecule has 2 aromatic carbocycles. The van der Waals surface area contributed by atoms with E-state index in [2.05, 4.69) is 74.3 Å². The van der Waals surface area contributed by atoms with Crippen molar-refractivity contribution in [1.82, 2.24) is 19.9 Å². The van der Waals surface area contributed by atoms with Gasteiger partial charge in [-0.3, -0.25) is 0 Å². The summed E-state index contributed by atoms with van der Waals surface area (Å²) in [4.78, 5) is 18.0. The Morgan fingerprint density at radius 2 is 1.65 bits per heavy atom. The molecule has 0 N–H and O–H groups in total. The number of aromatic nitrogens is 3. The summed E-state index contributed by atoms with van der Waals surface area (Å²) >= 11 is 0. The first kappa shape index (κ1) is 14.1. The fourth-order valence-corrected chi connectivity index (χ4v) is 2.91. The number of anilines is 1. The summed E-state index contributed by atoms with van der Waals surface area (Å²) in [5.74, 6) is 1.51. The lowest BCUT2D eigenvalue weighted by atomic mass is 10.1. The maximum Gasteiger partial charge on any atom is 0.228 e. The van der Waals surface area contributed by atoms with E-state index in [9.17, 15) is 0 Å². The van der Waals surface area contributed by atoms with E-state index < -0.39 is 0 Å². The Kier molecular flexibility index (Phi) is 3.63. The maximum absolute atomic E-state index is 4.68. The Morgan fingerprint density at radius 3 is 2.48 bits per heavy atom. The van der Waals surface area contributed by atoms with Crippen LogP contribution in [-0.4, -0.2) is 53.1 Å². The molecule has 0 radical (unpaired) electrons. The normalized spacial score (nSPS) is 16.0. The second-order valence-electron chi connectivity index (χ2n) is 5.96. The van der Waals surface area contributed by atoms with Crippen LogP contribution in [0.2, 0.25) is 0 Å². The van der Waals surface area contributed by atoms with Crippen LogP contribution in [0.5, 0.6) is 0 Å². The average Bonchev–Trinajstić information content (AvgIpc) is 2.62. The zero-order valence-corrected chi connectivity index (χ0v) is 13.2. The van der Waals surface area contributed by atoms with Crippen LogP contribution in [0.3, 0.4) is 0 Å². The molecule has 1 aromatic heterocycles. The summed E-state index contributed by atoms with van der Waals surface area (Å²) < 4.78 is 0. The highest BCUT2D eigenvalue weighted by Gasteiger charge is 2.17. The monoisotopic (exact) mass is 305 g/mol. The summed E-state index contributed by atoms with van der Waals surface area (Å²) in [7, 11) is 2.14. The Balaban J connectivity index is 1.67. The van der Waals surface area contributed by atoms with E-state index in [-0.39, 0.29) is 0 Å². The minimum absolute atomic E-state index is 0.736. The number of fused-ring (bicyclic) bond motifs is 1. The van der Waals surface area contributed by atoms with Gasteiger partial charge < -0.3 is 9.80 Å². The van der Waals surface area contributed by atoms with Crippen molar-refractivity contribution in [3.05, 3.63) is 48.8 Å². The molecule has 0 amide bonds. The second-order valence-corrected chi connectivity index (χ2v) is 5.96. The Morgan fingerprint density at radius 1 is 0.870 bits per heavy atom. The highest BCUT2D eigenvalue weighted by Crippen LogP contribution is 2.22. The third-order valence-electron chi connectivity index (χ3n) is 4.35. The topological polar surface area (TPSA) is 45.2 Å². The van der Waals surface area contributed by atoms with Gasteiger partial charge in [-0.05, 0) is 23.9 Å². The van der Waals surface area contributed by atoms with Crippen molar-refractivity contribution < 1.29 is 0 Å². The maximum atomic E-state index is 4.68. The van der Waals surface area contributed by atoms with Crippen LogP contribution < -0.4 is 4.90 Å². The molecule has 1 saturated heterocycles. The lowest BCUT2D eigenvalue weighted by Crippen LogP contribution is -2.45. The highest BCUT2D eigenvalue weighted by molar-refractivity contribution is 5.86. The van der Waals surface area contributed by atoms with E-state index in [1.807, 2.05) is 0 Å². The first-order chi connectivity index (χ1) is 11.3. The predicted octanol–water partition coefficient (Wildman–Crippen LogP) is 2.44. The molecule has 5 heteroatoms. The largest absolute Gasteiger partial charge is 0.338 e. The van der Waals surface area contributed by atoms with Crippen molar-refractivity contribution in [1.29, 1.82) is 0 Å². The number of piperazine rings is 1. The minimum Gasteiger partial charge on any atom is -0.338 e. The van der Waals surface area contributed by atoms with Gasteiger partial charge in [0.25, 0.3) is 0 Å². The highest BCUT2D eigenvalue weighted by atomic mass is 15.3. The van der Waals surface area contributed by atoms with E-state index in [0.717, 1.165) is 43.5 Å². The van der Waals surface area contributed by atoms with Gasteiger partial charge in [-0.2, -0.15) is 4.98 Å². The van der Waals surface area contributed by atoms with Gasteiger partial charge in [0.1, 0.15) is 6.33 Å². The molecular weight excluding hydrogens is 286 g/mol. The molecule has 1 aliphatic heterocycles. The first-order valence-corrected chi connectivity index (χ1v) is 7.91. The van der Waals surface area contributed by atoms with Crippen LogP contribution >= 0.6 is 0 Å². The third kappa shape index (κ3) is 2.87. The molecule has 0 saturated carbocycles. The fourth-order valence-electron chi connectivity index (χ4n) is 2.91. The zero-order valence-electron chi connectivity index (χ0n) is 13.2. The Hall–Kier alpha value is -2.53. The molecule has 0 spiro atoms. The molecule has 4 rings (SSSR count). The molecule has 0 atom stereocenters. The molecule has 2 heterocycles. The van der Waals surface area contributed by atoms with Gasteiger partial charge in [0, 0.05) is 31.7 Å². The summed E-state index contributed by atoms with van der Waals surface area (Å²) in [6, 6.07) is 14.7. The van der Waals surface area contributed by atoms with Crippen LogP contribution in [0.4, 0.5) is 5.95 Å². The molecule has 3 aromatic rings. The average molecular weight is 305 g/mol. The van der Waals surface area contributed by atoms with Gasteiger partial charge in [0.05, 0.1) is 0 Å². The molecule has 116 valence electrons. The van der Waals surface area contributed by atoms with Crippen molar-refractivity contribution in [2.75, 3.05) is 38.1 Å². The van der Waals surface area contributed by atoms with Gasteiger partial charge in [0.2, 0.25) is 5.95 Å². The number of benzene rings is 2. The lowest BCUT2D eigenvalue weighted by molar-refractivity contribution is 0.311. The molecule has 1 fully saturated rings. The minimum atomic E-state index is 0.736. The number of hydrogen-bond acceptors (Lipinski definition) is 5. The standard InChI is InChI=1S/C18H19N5/c1-22-8-10-23(11-9-22)18-20-13-19-17(21-18)16-7-6-14-4-2-3-5-15(14)12-16/h2-7,12-13H,8-11H2,1H3. The fraction of sp³-hybridized carbons (Fsp3) is 0.278. The smallest absolute Gasteiger partial charge is 0.228 e. The zero-order chi connectivity index (χ0) is 15.6. The van der Waals surface area contributed by atoms with Gasteiger partial charge in [-0.1, -0.05) is 36.4 Å². The van der Waals surface area contributed by atoms with Gasteiger partial charge >= 0.3 is 0 Å². The number of nitrogens with zero attached hydrogens (tertiary/aromatic N) is 5. The third-order valence-corrected chi connectivity index (χ3v) is 4.35.